The van der Waals surface area contributed by atoms with Gasteiger partial charge < -0.3 is 0 Å². The molecule has 0 saturated heterocycles. The highest BCUT2D eigenvalue weighted by molar-refractivity contribution is 5.89. The number of hydrogen-bond donors (Lipinski definition) is 0. The van der Waals surface area contributed by atoms with E-state index in [1.165, 1.54) is 27.6 Å². The molecule has 0 atom stereocenters. The number of fused-ring (bicyclic) bond motifs is 2. The van der Waals surface area contributed by atoms with Crippen LogP contribution in [0.15, 0.2) is 66.0 Å². The Labute approximate surface area is 118 Å². The number of aromatic nitrogens is 1. The van der Waals surface area contributed by atoms with Crippen molar-refractivity contribution in [1.29, 1.82) is 0 Å². The summed E-state index contributed by atoms with van der Waals surface area (Å²) in [5.41, 5.74) is 4.17. The van der Waals surface area contributed by atoms with Crippen LogP contribution in [0, 0.1) is 0 Å². The number of rotatable bonds is 1. The molecule has 2 heteroatoms. The molecule has 1 aromatic heterocycles. The lowest BCUT2D eigenvalue weighted by atomic mass is 9.90. The molecule has 2 aromatic carbocycles. The molecule has 0 bridgehead atoms. The maximum Gasteiger partial charge on any atom is 0.0435 e. The first-order valence-electron chi connectivity index (χ1n) is 7.09. The van der Waals surface area contributed by atoms with Gasteiger partial charge in [0.05, 0.1) is 0 Å². The monoisotopic (exact) mass is 260 g/mol. The van der Waals surface area contributed by atoms with Crippen LogP contribution in [0.3, 0.4) is 0 Å². The second-order valence-electron chi connectivity index (χ2n) is 5.38. The molecule has 1 aliphatic carbocycles. The zero-order chi connectivity index (χ0) is 13.4. The zero-order valence-electron chi connectivity index (χ0n) is 11.3. The minimum Gasteiger partial charge on any atom is -0.247 e. The summed E-state index contributed by atoms with van der Waals surface area (Å²) < 4.78 is 1.97. The lowest BCUT2D eigenvalue weighted by molar-refractivity contribution is 0.848. The second kappa shape index (κ2) is 4.64. The summed E-state index contributed by atoms with van der Waals surface area (Å²) in [6, 6.07) is 17.1. The molecular formula is C18H16N2. The first-order valence-corrected chi connectivity index (χ1v) is 7.09. The molecule has 0 unspecified atom stereocenters. The Kier molecular flexibility index (Phi) is 2.66. The van der Waals surface area contributed by atoms with Crippen molar-refractivity contribution in [3.8, 4) is 0 Å². The molecule has 0 spiro atoms. The van der Waals surface area contributed by atoms with E-state index in [2.05, 4.69) is 60.9 Å². The van der Waals surface area contributed by atoms with Crippen molar-refractivity contribution >= 4 is 16.5 Å². The Bertz CT molecular complexity index is 763. The Morgan fingerprint density at radius 2 is 1.40 bits per heavy atom. The Morgan fingerprint density at radius 1 is 0.750 bits per heavy atom. The molecule has 0 fully saturated rings. The minimum absolute atomic E-state index is 0.977. The summed E-state index contributed by atoms with van der Waals surface area (Å²) in [6.07, 6.45) is 7.34. The number of aryl methyl sites for hydroxylation is 1. The molecule has 20 heavy (non-hydrogen) atoms. The van der Waals surface area contributed by atoms with Gasteiger partial charge in [-0.2, -0.15) is 5.10 Å². The first kappa shape index (κ1) is 11.5. The highest BCUT2D eigenvalue weighted by Gasteiger charge is 2.13. The number of hydrogen-bond acceptors (Lipinski definition) is 1. The van der Waals surface area contributed by atoms with Gasteiger partial charge in [0.25, 0.3) is 0 Å². The largest absolute Gasteiger partial charge is 0.247 e. The summed E-state index contributed by atoms with van der Waals surface area (Å²) in [4.78, 5) is 0. The van der Waals surface area contributed by atoms with E-state index in [4.69, 9.17) is 5.10 Å². The van der Waals surface area contributed by atoms with Crippen LogP contribution in [-0.2, 0) is 12.8 Å². The van der Waals surface area contributed by atoms with Crippen LogP contribution in [0.5, 0.6) is 0 Å². The summed E-state index contributed by atoms with van der Waals surface area (Å²) in [5.74, 6) is 0. The van der Waals surface area contributed by atoms with Crippen molar-refractivity contribution in [2.45, 2.75) is 19.3 Å². The third-order valence-corrected chi connectivity index (χ3v) is 3.99. The lowest BCUT2D eigenvalue weighted by Gasteiger charge is -2.17. The molecule has 0 radical (unpaired) electrons. The first-order chi connectivity index (χ1) is 9.88. The zero-order valence-corrected chi connectivity index (χ0v) is 11.3. The van der Waals surface area contributed by atoms with Crippen LogP contribution in [0.4, 0.5) is 0 Å². The van der Waals surface area contributed by atoms with Crippen molar-refractivity contribution < 1.29 is 0 Å². The van der Waals surface area contributed by atoms with Gasteiger partial charge in [-0.3, -0.25) is 0 Å². The molecule has 1 aliphatic rings. The predicted octanol–water partition coefficient (Wildman–Crippen LogP) is 4.03. The van der Waals surface area contributed by atoms with Crippen molar-refractivity contribution in [2.24, 2.45) is 5.10 Å². The van der Waals surface area contributed by atoms with Crippen LogP contribution in [-0.4, -0.2) is 10.4 Å². The van der Waals surface area contributed by atoms with E-state index < -0.39 is 0 Å². The quantitative estimate of drug-likeness (QED) is 0.628. The number of benzene rings is 2. The minimum atomic E-state index is 0.977. The fourth-order valence-electron chi connectivity index (χ4n) is 2.94. The van der Waals surface area contributed by atoms with Crippen LogP contribution in [0.2, 0.25) is 0 Å². The van der Waals surface area contributed by atoms with E-state index in [9.17, 15) is 0 Å². The van der Waals surface area contributed by atoms with E-state index in [-0.39, 0.29) is 0 Å². The highest BCUT2D eigenvalue weighted by Crippen LogP contribution is 2.20. The molecule has 0 N–H and O–H groups in total. The van der Waals surface area contributed by atoms with Gasteiger partial charge in [0.2, 0.25) is 0 Å². The van der Waals surface area contributed by atoms with Crippen molar-refractivity contribution in [2.75, 3.05) is 0 Å². The van der Waals surface area contributed by atoms with Gasteiger partial charge in [0.15, 0.2) is 0 Å². The highest BCUT2D eigenvalue weighted by atomic mass is 15.3. The van der Waals surface area contributed by atoms with Gasteiger partial charge in [-0.05, 0) is 24.0 Å². The molecule has 1 heterocycles. The van der Waals surface area contributed by atoms with Gasteiger partial charge >= 0.3 is 0 Å². The van der Waals surface area contributed by atoms with E-state index in [0.29, 0.717) is 0 Å². The molecule has 4 rings (SSSR count). The molecular weight excluding hydrogens is 244 g/mol. The van der Waals surface area contributed by atoms with E-state index in [1.807, 2.05) is 4.68 Å². The molecule has 3 aromatic rings. The lowest BCUT2D eigenvalue weighted by Crippen LogP contribution is -2.14. The summed E-state index contributed by atoms with van der Waals surface area (Å²) in [5, 5.41) is 7.27. The van der Waals surface area contributed by atoms with Gasteiger partial charge in [-0.15, -0.1) is 0 Å². The topological polar surface area (TPSA) is 17.3 Å². The van der Waals surface area contributed by atoms with Crippen LogP contribution >= 0.6 is 0 Å². The second-order valence-corrected chi connectivity index (χ2v) is 5.38. The normalized spacial score (nSPS) is 16.5. The van der Waals surface area contributed by atoms with Gasteiger partial charge in [0.1, 0.15) is 0 Å². The Balaban J connectivity index is 1.68. The average Bonchev–Trinajstić information content (AvgIpc) is 2.89. The van der Waals surface area contributed by atoms with E-state index in [1.54, 1.807) is 0 Å². The molecule has 2 nitrogen and oxygen atoms in total. The Hall–Kier alpha value is -2.35. The molecule has 0 aliphatic heterocycles. The standard InChI is InChI=1S/C18H16N2/c1-2-6-15-11-18(10-9-14(15)5-1)19-20-12-16-7-3-4-8-17(16)13-20/h1-8,12-13H,9-11H2. The van der Waals surface area contributed by atoms with E-state index in [0.717, 1.165) is 19.3 Å². The van der Waals surface area contributed by atoms with Crippen LogP contribution in [0.1, 0.15) is 17.5 Å². The third-order valence-electron chi connectivity index (χ3n) is 3.99. The molecule has 98 valence electrons. The maximum atomic E-state index is 4.79. The van der Waals surface area contributed by atoms with Crippen LogP contribution < -0.4 is 0 Å². The van der Waals surface area contributed by atoms with Gasteiger partial charge in [0, 0.05) is 35.3 Å². The maximum absolute atomic E-state index is 4.79. The summed E-state index contributed by atoms with van der Waals surface area (Å²) >= 11 is 0. The fraction of sp³-hybridized carbons (Fsp3) is 0.167. The smallest absolute Gasteiger partial charge is 0.0435 e. The fourth-order valence-corrected chi connectivity index (χ4v) is 2.94. The third kappa shape index (κ3) is 2.03. The summed E-state index contributed by atoms with van der Waals surface area (Å²) in [6.45, 7) is 0. The van der Waals surface area contributed by atoms with Gasteiger partial charge in [-0.25, -0.2) is 4.68 Å². The van der Waals surface area contributed by atoms with E-state index >= 15 is 0 Å². The predicted molar refractivity (Wildman–Crippen MR) is 83.2 cm³/mol. The average molecular weight is 260 g/mol. The summed E-state index contributed by atoms with van der Waals surface area (Å²) in [7, 11) is 0. The van der Waals surface area contributed by atoms with Gasteiger partial charge in [-0.1, -0.05) is 48.5 Å². The molecule has 0 saturated carbocycles. The van der Waals surface area contributed by atoms with Crippen molar-refractivity contribution in [3.63, 3.8) is 0 Å². The Morgan fingerprint density at radius 3 is 2.15 bits per heavy atom. The van der Waals surface area contributed by atoms with Crippen molar-refractivity contribution in [3.05, 3.63) is 72.1 Å². The number of nitrogens with zero attached hydrogens (tertiary/aromatic N) is 2. The van der Waals surface area contributed by atoms with Crippen molar-refractivity contribution in [1.82, 2.24) is 4.68 Å². The molecule has 0 amide bonds. The van der Waals surface area contributed by atoms with Crippen LogP contribution in [0.25, 0.3) is 10.8 Å². The SMILES string of the molecule is c1ccc2c(c1)CCC(=Nn1cc3ccccc3c1)C2.